The van der Waals surface area contributed by atoms with Crippen molar-refractivity contribution in [1.29, 1.82) is 0 Å². The highest BCUT2D eigenvalue weighted by Gasteiger charge is 2.07. The zero-order valence-electron chi connectivity index (χ0n) is 10.1. The zero-order valence-corrected chi connectivity index (χ0v) is 13.8. The Morgan fingerprint density at radius 3 is 2.37 bits per heavy atom. The molecular weight excluding hydrogens is 398 g/mol. The molecule has 0 saturated carbocycles. The van der Waals surface area contributed by atoms with Gasteiger partial charge in [0.15, 0.2) is 0 Å². The molecule has 0 heterocycles. The first-order chi connectivity index (χ1) is 9.10. The van der Waals surface area contributed by atoms with Crippen molar-refractivity contribution in [2.75, 3.05) is 7.11 Å². The van der Waals surface area contributed by atoms with Crippen LogP contribution < -0.4 is 9.47 Å². The quantitative estimate of drug-likeness (QED) is 0.512. The highest BCUT2D eigenvalue weighted by atomic mass is 127. The molecule has 0 bridgehead atoms. The summed E-state index contributed by atoms with van der Waals surface area (Å²) < 4.78 is 11.7. The lowest BCUT2D eigenvalue weighted by Crippen LogP contribution is -1.96. The van der Waals surface area contributed by atoms with E-state index in [9.17, 15) is 0 Å². The molecule has 19 heavy (non-hydrogen) atoms. The molecule has 0 aromatic heterocycles. The van der Waals surface area contributed by atoms with Crippen LogP contribution in [0.4, 0.5) is 0 Å². The minimum absolute atomic E-state index is 0.446. The number of benzene rings is 2. The second kappa shape index (κ2) is 6.68. The number of hydrogen-bond donors (Lipinski definition) is 0. The van der Waals surface area contributed by atoms with Crippen LogP contribution in [0.25, 0.3) is 0 Å². The Labute approximate surface area is 135 Å². The van der Waals surface area contributed by atoms with Crippen LogP contribution >= 0.6 is 45.8 Å². The minimum atomic E-state index is 0.446. The van der Waals surface area contributed by atoms with Gasteiger partial charge in [0.25, 0.3) is 0 Å². The lowest BCUT2D eigenvalue weighted by molar-refractivity contribution is 0.306. The largest absolute Gasteiger partial charge is 0.497 e. The molecule has 5 heteroatoms. The molecular formula is C14H11Cl2IO2. The van der Waals surface area contributed by atoms with Gasteiger partial charge in [-0.1, -0.05) is 35.3 Å². The standard InChI is InChI=1S/C14H11Cl2IO2/c1-18-10-4-2-9(3-5-10)8-19-14-7-13(17)11(15)6-12(14)16/h2-7H,8H2,1H3. The average Bonchev–Trinajstić information content (AvgIpc) is 2.42. The molecule has 0 fully saturated rings. The summed E-state index contributed by atoms with van der Waals surface area (Å²) in [4.78, 5) is 0. The molecule has 0 amide bonds. The Hall–Kier alpha value is -0.650. The van der Waals surface area contributed by atoms with Crippen molar-refractivity contribution >= 4 is 45.8 Å². The molecule has 0 radical (unpaired) electrons. The van der Waals surface area contributed by atoms with Gasteiger partial charge in [-0.3, -0.25) is 0 Å². The highest BCUT2D eigenvalue weighted by Crippen LogP contribution is 2.32. The van der Waals surface area contributed by atoms with Gasteiger partial charge < -0.3 is 9.47 Å². The maximum absolute atomic E-state index is 6.08. The van der Waals surface area contributed by atoms with Crippen molar-refractivity contribution in [1.82, 2.24) is 0 Å². The summed E-state index contributed by atoms with van der Waals surface area (Å²) in [5.41, 5.74) is 1.04. The molecule has 0 aliphatic carbocycles. The van der Waals surface area contributed by atoms with Gasteiger partial charge in [-0.2, -0.15) is 0 Å². The van der Waals surface area contributed by atoms with E-state index in [0.717, 1.165) is 14.9 Å². The van der Waals surface area contributed by atoms with Crippen LogP contribution in [0.15, 0.2) is 36.4 Å². The molecule has 0 aliphatic rings. The van der Waals surface area contributed by atoms with Crippen LogP contribution in [0.5, 0.6) is 11.5 Å². The van der Waals surface area contributed by atoms with E-state index in [0.29, 0.717) is 22.4 Å². The van der Waals surface area contributed by atoms with Crippen molar-refractivity contribution in [2.24, 2.45) is 0 Å². The average molecular weight is 409 g/mol. The number of ether oxygens (including phenoxy) is 2. The van der Waals surface area contributed by atoms with Gasteiger partial charge in [-0.25, -0.2) is 0 Å². The Morgan fingerprint density at radius 1 is 1.05 bits per heavy atom. The molecule has 0 unspecified atom stereocenters. The van der Waals surface area contributed by atoms with Crippen LogP contribution in [0, 0.1) is 3.57 Å². The monoisotopic (exact) mass is 408 g/mol. The van der Waals surface area contributed by atoms with Crippen molar-refractivity contribution < 1.29 is 9.47 Å². The van der Waals surface area contributed by atoms with Gasteiger partial charge in [-0.05, 0) is 52.4 Å². The lowest BCUT2D eigenvalue weighted by atomic mass is 10.2. The predicted molar refractivity (Wildman–Crippen MR) is 86.5 cm³/mol. The molecule has 2 nitrogen and oxygen atoms in total. The number of halogens is 3. The number of rotatable bonds is 4. The maximum Gasteiger partial charge on any atom is 0.139 e. The van der Waals surface area contributed by atoms with E-state index in [4.69, 9.17) is 32.7 Å². The van der Waals surface area contributed by atoms with Crippen LogP contribution in [0.1, 0.15) is 5.56 Å². The summed E-state index contributed by atoms with van der Waals surface area (Å²) in [7, 11) is 1.64. The third-order valence-corrected chi connectivity index (χ3v) is 4.35. The number of hydrogen-bond acceptors (Lipinski definition) is 2. The molecule has 2 aromatic carbocycles. The summed E-state index contributed by atoms with van der Waals surface area (Å²) in [6, 6.07) is 11.2. The molecule has 0 spiro atoms. The van der Waals surface area contributed by atoms with E-state index < -0.39 is 0 Å². The van der Waals surface area contributed by atoms with Gasteiger partial charge in [0, 0.05) is 3.57 Å². The van der Waals surface area contributed by atoms with E-state index in [2.05, 4.69) is 22.6 Å². The van der Waals surface area contributed by atoms with E-state index in [-0.39, 0.29) is 0 Å². The molecule has 0 saturated heterocycles. The zero-order chi connectivity index (χ0) is 13.8. The lowest BCUT2D eigenvalue weighted by Gasteiger charge is -2.10. The van der Waals surface area contributed by atoms with E-state index in [1.807, 2.05) is 30.3 Å². The summed E-state index contributed by atoms with van der Waals surface area (Å²) in [5, 5.41) is 1.14. The highest BCUT2D eigenvalue weighted by molar-refractivity contribution is 14.1. The van der Waals surface area contributed by atoms with E-state index >= 15 is 0 Å². The van der Waals surface area contributed by atoms with Gasteiger partial charge in [-0.15, -0.1) is 0 Å². The smallest absolute Gasteiger partial charge is 0.139 e. The first-order valence-corrected chi connectivity index (χ1v) is 7.34. The molecule has 2 rings (SSSR count). The summed E-state index contributed by atoms with van der Waals surface area (Å²) in [6.45, 7) is 0.446. The van der Waals surface area contributed by atoms with Gasteiger partial charge in [0.2, 0.25) is 0 Å². The van der Waals surface area contributed by atoms with E-state index in [1.54, 1.807) is 13.2 Å². The predicted octanol–water partition coefficient (Wildman–Crippen LogP) is 5.19. The first kappa shape index (κ1) is 14.8. The SMILES string of the molecule is COc1ccc(COc2cc(I)c(Cl)cc2Cl)cc1. The summed E-state index contributed by atoms with van der Waals surface area (Å²) in [6.07, 6.45) is 0. The molecule has 100 valence electrons. The fraction of sp³-hybridized carbons (Fsp3) is 0.143. The Balaban J connectivity index is 2.07. The third kappa shape index (κ3) is 3.91. The summed E-state index contributed by atoms with van der Waals surface area (Å²) in [5.74, 6) is 1.45. The van der Waals surface area contributed by atoms with Crippen molar-refractivity contribution in [2.45, 2.75) is 6.61 Å². The molecule has 2 aromatic rings. The Bertz CT molecular complexity index is 570. The third-order valence-electron chi connectivity index (χ3n) is 2.53. The van der Waals surface area contributed by atoms with Gasteiger partial charge in [0.05, 0.1) is 17.2 Å². The van der Waals surface area contributed by atoms with Crippen molar-refractivity contribution in [3.63, 3.8) is 0 Å². The molecule has 0 aliphatic heterocycles. The second-order valence-corrected chi connectivity index (χ2v) is 5.81. The Kier molecular flexibility index (Phi) is 5.19. The van der Waals surface area contributed by atoms with Crippen LogP contribution in [0.3, 0.4) is 0 Å². The van der Waals surface area contributed by atoms with Gasteiger partial charge in [0.1, 0.15) is 18.1 Å². The van der Waals surface area contributed by atoms with Gasteiger partial charge >= 0.3 is 0 Å². The van der Waals surface area contributed by atoms with Crippen LogP contribution in [-0.2, 0) is 6.61 Å². The Morgan fingerprint density at radius 2 is 1.74 bits per heavy atom. The fourth-order valence-corrected chi connectivity index (χ4v) is 2.37. The number of methoxy groups -OCH3 is 1. The molecule has 0 N–H and O–H groups in total. The summed E-state index contributed by atoms with van der Waals surface area (Å²) >= 11 is 14.2. The van der Waals surface area contributed by atoms with E-state index in [1.165, 1.54) is 0 Å². The first-order valence-electron chi connectivity index (χ1n) is 5.50. The maximum atomic E-state index is 6.08. The van der Waals surface area contributed by atoms with Crippen molar-refractivity contribution in [3.05, 3.63) is 55.6 Å². The normalized spacial score (nSPS) is 10.3. The minimum Gasteiger partial charge on any atom is -0.497 e. The fourth-order valence-electron chi connectivity index (χ4n) is 1.50. The van der Waals surface area contributed by atoms with Crippen LogP contribution in [0.2, 0.25) is 10.0 Å². The van der Waals surface area contributed by atoms with Crippen molar-refractivity contribution in [3.8, 4) is 11.5 Å². The topological polar surface area (TPSA) is 18.5 Å². The molecule has 0 atom stereocenters. The van der Waals surface area contributed by atoms with Crippen LogP contribution in [-0.4, -0.2) is 7.11 Å². The second-order valence-electron chi connectivity index (χ2n) is 3.83.